The number of H-pyrrole nitrogens is 1. The molecule has 6 nitrogen and oxygen atoms in total. The van der Waals surface area contributed by atoms with Gasteiger partial charge >= 0.3 is 0 Å². The first-order valence-electron chi connectivity index (χ1n) is 7.14. The average molecular weight is 428 g/mol. The Kier molecular flexibility index (Phi) is 4.16. The quantitative estimate of drug-likeness (QED) is 0.359. The third-order valence-corrected chi connectivity index (χ3v) is 5.62. The lowest BCUT2D eigenvalue weighted by Crippen LogP contribution is -2.30. The van der Waals surface area contributed by atoms with Crippen LogP contribution in [0.1, 0.15) is 20.7 Å². The van der Waals surface area contributed by atoms with Crippen molar-refractivity contribution in [2.24, 2.45) is 0 Å². The zero-order valence-electron chi connectivity index (χ0n) is 12.6. The van der Waals surface area contributed by atoms with Gasteiger partial charge in [-0.25, -0.2) is 4.90 Å². The van der Waals surface area contributed by atoms with Crippen molar-refractivity contribution in [3.8, 4) is 11.4 Å². The Balaban J connectivity index is 1.82. The van der Waals surface area contributed by atoms with E-state index in [1.54, 1.807) is 12.1 Å². The number of benzene rings is 2. The van der Waals surface area contributed by atoms with Crippen LogP contribution in [0.4, 0.5) is 5.95 Å². The lowest BCUT2D eigenvalue weighted by molar-refractivity contribution is 0.0924. The van der Waals surface area contributed by atoms with E-state index < -0.39 is 11.8 Å². The number of hydrogen-bond donors (Lipinski definition) is 1. The monoisotopic (exact) mass is 426 g/mol. The Bertz CT molecular complexity index is 1030. The smallest absolute Gasteiger partial charge is 0.268 e. The van der Waals surface area contributed by atoms with Gasteiger partial charge in [0, 0.05) is 5.56 Å². The van der Waals surface area contributed by atoms with Gasteiger partial charge in [0.05, 0.1) is 31.2 Å². The second-order valence-electron chi connectivity index (χ2n) is 5.30. The summed E-state index contributed by atoms with van der Waals surface area (Å²) in [6, 6.07) is 9.11. The molecule has 130 valence electrons. The zero-order chi connectivity index (χ0) is 18.6. The molecule has 1 aromatic heterocycles. The normalized spacial score (nSPS) is 13.5. The van der Waals surface area contributed by atoms with Gasteiger partial charge < -0.3 is 0 Å². The highest BCUT2D eigenvalue weighted by atomic mass is 35.5. The lowest BCUT2D eigenvalue weighted by Gasteiger charge is -2.07. The average Bonchev–Trinajstić information content (AvgIpc) is 3.21. The number of nitrogens with one attached hydrogen (secondary N) is 1. The van der Waals surface area contributed by atoms with E-state index in [4.69, 9.17) is 46.4 Å². The predicted octanol–water partition coefficient (Wildman–Crippen LogP) is 4.89. The molecule has 2 amide bonds. The fourth-order valence-corrected chi connectivity index (χ4v) is 3.62. The molecule has 0 saturated carbocycles. The molecule has 26 heavy (non-hydrogen) atoms. The largest absolute Gasteiger partial charge is 0.270 e. The van der Waals surface area contributed by atoms with Crippen molar-refractivity contribution < 1.29 is 9.59 Å². The molecular weight excluding hydrogens is 422 g/mol. The zero-order valence-corrected chi connectivity index (χ0v) is 15.6. The molecule has 1 aliphatic rings. The lowest BCUT2D eigenvalue weighted by atomic mass is 10.1. The number of nitrogens with zero attached hydrogens (tertiary/aromatic N) is 3. The molecule has 0 unspecified atom stereocenters. The number of hydrogen-bond acceptors (Lipinski definition) is 4. The molecule has 0 atom stereocenters. The fourth-order valence-electron chi connectivity index (χ4n) is 2.61. The fraction of sp³-hybridized carbons (Fsp3) is 0. The number of fused-ring (bicyclic) bond motifs is 1. The van der Waals surface area contributed by atoms with Gasteiger partial charge in [-0.05, 0) is 0 Å². The number of imide groups is 1. The molecule has 2 heterocycles. The molecule has 0 spiro atoms. The van der Waals surface area contributed by atoms with E-state index in [1.165, 1.54) is 0 Å². The van der Waals surface area contributed by atoms with Crippen LogP contribution in [0.25, 0.3) is 11.4 Å². The summed E-state index contributed by atoms with van der Waals surface area (Å²) in [5, 5.41) is 6.17. The molecule has 10 heteroatoms. The number of aromatic amines is 1. The minimum Gasteiger partial charge on any atom is -0.268 e. The number of halogens is 4. The maximum atomic E-state index is 12.8. The number of amides is 2. The van der Waals surface area contributed by atoms with Crippen LogP contribution in [0, 0.1) is 0 Å². The van der Waals surface area contributed by atoms with E-state index in [9.17, 15) is 9.59 Å². The van der Waals surface area contributed by atoms with E-state index >= 15 is 0 Å². The summed E-state index contributed by atoms with van der Waals surface area (Å²) >= 11 is 24.2. The van der Waals surface area contributed by atoms with Crippen molar-refractivity contribution in [2.45, 2.75) is 0 Å². The molecular formula is C16H6Cl4N4O2. The Morgan fingerprint density at radius 3 is 1.88 bits per heavy atom. The van der Waals surface area contributed by atoms with Gasteiger partial charge in [0.15, 0.2) is 5.82 Å². The van der Waals surface area contributed by atoms with Crippen LogP contribution in [-0.2, 0) is 0 Å². The highest BCUT2D eigenvalue weighted by molar-refractivity contribution is 6.56. The van der Waals surface area contributed by atoms with E-state index in [2.05, 4.69) is 15.2 Å². The van der Waals surface area contributed by atoms with Crippen LogP contribution in [-0.4, -0.2) is 27.0 Å². The Hall–Kier alpha value is -2.12. The predicted molar refractivity (Wildman–Crippen MR) is 99.4 cm³/mol. The molecule has 4 rings (SSSR count). The first kappa shape index (κ1) is 17.3. The molecule has 2 aromatic carbocycles. The Labute approximate surface area is 166 Å². The highest BCUT2D eigenvalue weighted by Crippen LogP contribution is 2.45. The molecule has 0 saturated heterocycles. The summed E-state index contributed by atoms with van der Waals surface area (Å²) < 4.78 is 0. The van der Waals surface area contributed by atoms with Crippen molar-refractivity contribution in [1.29, 1.82) is 0 Å². The van der Waals surface area contributed by atoms with Crippen LogP contribution >= 0.6 is 46.4 Å². The van der Waals surface area contributed by atoms with Gasteiger partial charge in [-0.15, -0.1) is 5.10 Å². The van der Waals surface area contributed by atoms with Crippen LogP contribution in [0.5, 0.6) is 0 Å². The Morgan fingerprint density at radius 2 is 1.35 bits per heavy atom. The summed E-state index contributed by atoms with van der Waals surface area (Å²) in [7, 11) is 0. The van der Waals surface area contributed by atoms with Crippen LogP contribution < -0.4 is 4.90 Å². The number of carbonyl (C=O) groups is 2. The molecule has 0 fully saturated rings. The van der Waals surface area contributed by atoms with E-state index in [0.717, 1.165) is 10.5 Å². The number of carbonyl (C=O) groups excluding carboxylic acids is 2. The molecule has 3 aromatic rings. The summed E-state index contributed by atoms with van der Waals surface area (Å²) in [6.07, 6.45) is 0. The minimum atomic E-state index is -0.728. The number of rotatable bonds is 2. The topological polar surface area (TPSA) is 79.0 Å². The summed E-state index contributed by atoms with van der Waals surface area (Å²) in [5.74, 6) is -1.19. The maximum absolute atomic E-state index is 12.8. The van der Waals surface area contributed by atoms with E-state index in [0.29, 0.717) is 5.82 Å². The van der Waals surface area contributed by atoms with Crippen LogP contribution in [0.2, 0.25) is 20.1 Å². The second kappa shape index (κ2) is 6.25. The van der Waals surface area contributed by atoms with Crippen molar-refractivity contribution in [2.75, 3.05) is 4.90 Å². The van der Waals surface area contributed by atoms with Crippen molar-refractivity contribution in [3.05, 3.63) is 61.5 Å². The highest BCUT2D eigenvalue weighted by Gasteiger charge is 2.44. The van der Waals surface area contributed by atoms with Gasteiger partial charge in [0.2, 0.25) is 0 Å². The molecule has 0 aliphatic carbocycles. The van der Waals surface area contributed by atoms with Gasteiger partial charge in [-0.2, -0.15) is 4.98 Å². The van der Waals surface area contributed by atoms with E-state index in [1.807, 2.05) is 18.2 Å². The standard InChI is InChI=1S/C16H6Cl4N4O2/c17-9-7-8(10(18)12(20)11(9)19)15(26)24(14(7)25)16-21-13(22-23-16)6-4-2-1-3-5-6/h1-5H,(H,21,22,23). The summed E-state index contributed by atoms with van der Waals surface area (Å²) in [6.45, 7) is 0. The first-order chi connectivity index (χ1) is 12.4. The van der Waals surface area contributed by atoms with E-state index in [-0.39, 0.29) is 37.2 Å². The van der Waals surface area contributed by atoms with Gasteiger partial charge in [-0.3, -0.25) is 14.7 Å². The maximum Gasteiger partial charge on any atom is 0.270 e. The Morgan fingerprint density at radius 1 is 0.808 bits per heavy atom. The number of aromatic nitrogens is 3. The molecule has 1 N–H and O–H groups in total. The van der Waals surface area contributed by atoms with Gasteiger partial charge in [0.1, 0.15) is 0 Å². The summed E-state index contributed by atoms with van der Waals surface area (Å²) in [4.78, 5) is 30.5. The minimum absolute atomic E-state index is 0.0972. The third-order valence-electron chi connectivity index (χ3n) is 3.82. The van der Waals surface area contributed by atoms with Gasteiger partial charge in [-0.1, -0.05) is 76.7 Å². The van der Waals surface area contributed by atoms with Gasteiger partial charge in [0.25, 0.3) is 17.8 Å². The molecule has 0 bridgehead atoms. The van der Waals surface area contributed by atoms with Crippen LogP contribution in [0.3, 0.4) is 0 Å². The first-order valence-corrected chi connectivity index (χ1v) is 8.65. The SMILES string of the molecule is O=C1c2c(Cl)c(Cl)c(Cl)c(Cl)c2C(=O)N1c1n[nH]c(-c2ccccc2)n1. The number of anilines is 1. The molecule has 0 radical (unpaired) electrons. The molecule has 1 aliphatic heterocycles. The van der Waals surface area contributed by atoms with Crippen molar-refractivity contribution >= 4 is 64.2 Å². The second-order valence-corrected chi connectivity index (χ2v) is 6.81. The summed E-state index contributed by atoms with van der Waals surface area (Å²) in [5.41, 5.74) is 0.495. The van der Waals surface area contributed by atoms with Crippen molar-refractivity contribution in [1.82, 2.24) is 15.2 Å². The van der Waals surface area contributed by atoms with Crippen LogP contribution in [0.15, 0.2) is 30.3 Å². The third kappa shape index (κ3) is 2.41. The van der Waals surface area contributed by atoms with Crippen molar-refractivity contribution in [3.63, 3.8) is 0 Å².